The molecule has 1 amide bonds. The highest BCUT2D eigenvalue weighted by Gasteiger charge is 2.08. The molecule has 0 spiro atoms. The molecule has 0 aromatic carbocycles. The van der Waals surface area contributed by atoms with Crippen molar-refractivity contribution in [2.24, 2.45) is 5.73 Å². The molecule has 0 fully saturated rings. The summed E-state index contributed by atoms with van der Waals surface area (Å²) in [6, 6.07) is 0. The van der Waals surface area contributed by atoms with Gasteiger partial charge in [0.25, 0.3) is 5.91 Å². The predicted molar refractivity (Wildman–Crippen MR) is 40.6 cm³/mol. The SMILES string of the molecule is CC(=O)c1csc(C(N)=O)n1. The number of aromatic nitrogens is 1. The minimum absolute atomic E-state index is 0.159. The van der Waals surface area contributed by atoms with E-state index in [1.807, 2.05) is 0 Å². The standard InChI is InChI=1S/C6H6N2O2S/c1-3(9)4-2-11-6(8-4)5(7)10/h2H,1H3,(H2,7,10). The average molecular weight is 170 g/mol. The summed E-state index contributed by atoms with van der Waals surface area (Å²) in [5.41, 5.74) is 5.22. The molecular weight excluding hydrogens is 164 g/mol. The Morgan fingerprint density at radius 2 is 2.27 bits per heavy atom. The average Bonchev–Trinajstić information content (AvgIpc) is 2.33. The Hall–Kier alpha value is -1.23. The molecular formula is C6H6N2O2S. The number of nitrogens with zero attached hydrogens (tertiary/aromatic N) is 1. The van der Waals surface area contributed by atoms with Crippen molar-refractivity contribution >= 4 is 23.0 Å². The van der Waals surface area contributed by atoms with Crippen molar-refractivity contribution in [3.63, 3.8) is 0 Å². The molecule has 0 radical (unpaired) electrons. The Bertz CT molecular complexity index is 277. The first-order valence-corrected chi connectivity index (χ1v) is 3.75. The highest BCUT2D eigenvalue weighted by molar-refractivity contribution is 7.11. The molecule has 58 valence electrons. The van der Waals surface area contributed by atoms with Gasteiger partial charge in [-0.2, -0.15) is 0 Å². The van der Waals surface area contributed by atoms with Crippen LogP contribution in [-0.2, 0) is 0 Å². The van der Waals surface area contributed by atoms with Crippen molar-refractivity contribution < 1.29 is 9.59 Å². The molecule has 1 heterocycles. The van der Waals surface area contributed by atoms with E-state index in [0.717, 1.165) is 11.3 Å². The molecule has 1 aromatic heterocycles. The number of nitrogens with two attached hydrogens (primary N) is 1. The van der Waals surface area contributed by atoms with Crippen LogP contribution in [0.2, 0.25) is 0 Å². The van der Waals surface area contributed by atoms with Crippen LogP contribution in [-0.4, -0.2) is 16.7 Å². The van der Waals surface area contributed by atoms with Gasteiger partial charge in [-0.1, -0.05) is 0 Å². The fraction of sp³-hybridized carbons (Fsp3) is 0.167. The van der Waals surface area contributed by atoms with E-state index in [1.54, 1.807) is 0 Å². The van der Waals surface area contributed by atoms with Crippen LogP contribution in [0.1, 0.15) is 27.2 Å². The maximum atomic E-state index is 10.7. The molecule has 0 saturated carbocycles. The molecule has 0 saturated heterocycles. The summed E-state index contributed by atoms with van der Waals surface area (Å²) in [5, 5.41) is 1.69. The molecule has 0 unspecified atom stereocenters. The van der Waals surface area contributed by atoms with Gasteiger partial charge in [0.2, 0.25) is 0 Å². The summed E-state index contributed by atoms with van der Waals surface area (Å²) in [5.74, 6) is -0.753. The molecule has 4 nitrogen and oxygen atoms in total. The molecule has 0 aliphatic heterocycles. The summed E-state index contributed by atoms with van der Waals surface area (Å²) in [4.78, 5) is 24.9. The maximum Gasteiger partial charge on any atom is 0.277 e. The first kappa shape index (κ1) is 7.87. The first-order valence-electron chi connectivity index (χ1n) is 2.87. The summed E-state index contributed by atoms with van der Waals surface area (Å²) in [7, 11) is 0. The zero-order valence-corrected chi connectivity index (χ0v) is 6.64. The predicted octanol–water partition coefficient (Wildman–Crippen LogP) is 0.445. The Morgan fingerprint density at radius 1 is 1.64 bits per heavy atom. The minimum atomic E-state index is -0.595. The van der Waals surface area contributed by atoms with Gasteiger partial charge in [0.05, 0.1) is 0 Å². The van der Waals surface area contributed by atoms with Crippen molar-refractivity contribution in [2.45, 2.75) is 6.92 Å². The van der Waals surface area contributed by atoms with Gasteiger partial charge in [0.15, 0.2) is 10.8 Å². The van der Waals surface area contributed by atoms with E-state index in [-0.39, 0.29) is 10.8 Å². The number of carbonyl (C=O) groups excluding carboxylic acids is 2. The van der Waals surface area contributed by atoms with E-state index in [4.69, 9.17) is 5.73 Å². The molecule has 5 heteroatoms. The second kappa shape index (κ2) is 2.79. The van der Waals surface area contributed by atoms with E-state index in [0.29, 0.717) is 5.69 Å². The molecule has 0 aliphatic rings. The second-order valence-corrected chi connectivity index (χ2v) is 2.82. The number of carbonyl (C=O) groups is 2. The lowest BCUT2D eigenvalue weighted by Crippen LogP contribution is -2.10. The van der Waals surface area contributed by atoms with Crippen molar-refractivity contribution in [2.75, 3.05) is 0 Å². The van der Waals surface area contributed by atoms with Gasteiger partial charge < -0.3 is 5.73 Å². The Kier molecular flexibility index (Phi) is 2.00. The Labute approximate surface area is 67.0 Å². The van der Waals surface area contributed by atoms with Crippen LogP contribution in [0.3, 0.4) is 0 Å². The second-order valence-electron chi connectivity index (χ2n) is 1.96. The van der Waals surface area contributed by atoms with E-state index in [1.165, 1.54) is 12.3 Å². The van der Waals surface area contributed by atoms with Gasteiger partial charge in [-0.15, -0.1) is 11.3 Å². The molecule has 0 atom stereocenters. The lowest BCUT2D eigenvalue weighted by atomic mass is 10.4. The number of hydrogen-bond donors (Lipinski definition) is 1. The first-order chi connectivity index (χ1) is 5.11. The van der Waals surface area contributed by atoms with Crippen molar-refractivity contribution in [1.29, 1.82) is 0 Å². The largest absolute Gasteiger partial charge is 0.364 e. The Balaban J connectivity index is 2.99. The normalized spacial score (nSPS) is 9.55. The lowest BCUT2D eigenvalue weighted by molar-refractivity contribution is 0.1000. The number of rotatable bonds is 2. The minimum Gasteiger partial charge on any atom is -0.364 e. The number of thiazole rings is 1. The number of hydrogen-bond acceptors (Lipinski definition) is 4. The fourth-order valence-electron chi connectivity index (χ4n) is 0.549. The van der Waals surface area contributed by atoms with Gasteiger partial charge in [0, 0.05) is 12.3 Å². The highest BCUT2D eigenvalue weighted by atomic mass is 32.1. The summed E-state index contributed by atoms with van der Waals surface area (Å²) in [6.07, 6.45) is 0. The van der Waals surface area contributed by atoms with E-state index >= 15 is 0 Å². The maximum absolute atomic E-state index is 10.7. The number of ketones is 1. The van der Waals surface area contributed by atoms with Crippen LogP contribution in [0, 0.1) is 0 Å². The van der Waals surface area contributed by atoms with E-state index < -0.39 is 5.91 Å². The summed E-state index contributed by atoms with van der Waals surface area (Å²) < 4.78 is 0. The zero-order chi connectivity index (χ0) is 8.43. The molecule has 0 bridgehead atoms. The smallest absolute Gasteiger partial charge is 0.277 e. The van der Waals surface area contributed by atoms with Gasteiger partial charge in [-0.3, -0.25) is 9.59 Å². The molecule has 0 aliphatic carbocycles. The fourth-order valence-corrected chi connectivity index (χ4v) is 1.26. The van der Waals surface area contributed by atoms with Gasteiger partial charge in [-0.25, -0.2) is 4.98 Å². The molecule has 1 aromatic rings. The quantitative estimate of drug-likeness (QED) is 0.654. The van der Waals surface area contributed by atoms with E-state index in [9.17, 15) is 9.59 Å². The van der Waals surface area contributed by atoms with Crippen LogP contribution in [0.5, 0.6) is 0 Å². The van der Waals surface area contributed by atoms with Crippen LogP contribution < -0.4 is 5.73 Å². The van der Waals surface area contributed by atoms with E-state index in [2.05, 4.69) is 4.98 Å². The van der Waals surface area contributed by atoms with Crippen LogP contribution in [0.15, 0.2) is 5.38 Å². The lowest BCUT2D eigenvalue weighted by Gasteiger charge is -1.83. The Morgan fingerprint density at radius 3 is 2.55 bits per heavy atom. The number of amides is 1. The van der Waals surface area contributed by atoms with Crippen molar-refractivity contribution in [1.82, 2.24) is 4.98 Å². The van der Waals surface area contributed by atoms with Crippen LogP contribution >= 0.6 is 11.3 Å². The third-order valence-corrected chi connectivity index (χ3v) is 1.93. The van der Waals surface area contributed by atoms with Crippen LogP contribution in [0.25, 0.3) is 0 Å². The topological polar surface area (TPSA) is 73.1 Å². The molecule has 11 heavy (non-hydrogen) atoms. The van der Waals surface area contributed by atoms with Gasteiger partial charge in [0.1, 0.15) is 5.69 Å². The molecule has 2 N–H and O–H groups in total. The van der Waals surface area contributed by atoms with Gasteiger partial charge >= 0.3 is 0 Å². The van der Waals surface area contributed by atoms with Crippen LogP contribution in [0.4, 0.5) is 0 Å². The number of primary amides is 1. The van der Waals surface area contributed by atoms with Crippen molar-refractivity contribution in [3.8, 4) is 0 Å². The molecule has 1 rings (SSSR count). The highest BCUT2D eigenvalue weighted by Crippen LogP contribution is 2.08. The summed E-state index contributed by atoms with van der Waals surface area (Å²) in [6.45, 7) is 1.39. The summed E-state index contributed by atoms with van der Waals surface area (Å²) >= 11 is 1.08. The van der Waals surface area contributed by atoms with Gasteiger partial charge in [-0.05, 0) is 0 Å². The third-order valence-electron chi connectivity index (χ3n) is 1.08. The van der Waals surface area contributed by atoms with Crippen molar-refractivity contribution in [3.05, 3.63) is 16.1 Å². The monoisotopic (exact) mass is 170 g/mol. The number of Topliss-reactive ketones (excluding diaryl/α,β-unsaturated/α-hetero) is 1. The zero-order valence-electron chi connectivity index (χ0n) is 5.83. The third kappa shape index (κ3) is 1.62.